The minimum atomic E-state index is -0.894. The van der Waals surface area contributed by atoms with Crippen LogP contribution in [0.4, 0.5) is 0 Å². The highest BCUT2D eigenvalue weighted by Gasteiger charge is 2.34. The standard InChI is InChI=1S/C35H30N4O7S/c1-20-30(34(42)45-5)32(23-13-16-27(46-21(2)40)28(17-23)44-4)39-33(41)29(47-35(39)36-20)18-24-19-38(25-9-7-6-8-10-25)37-31(24)22-11-14-26(43-3)15-12-22/h6-19,32H,1-5H3/b29-18-. The minimum absolute atomic E-state index is 0.199. The second-order valence-corrected chi connectivity index (χ2v) is 11.5. The topological polar surface area (TPSA) is 123 Å². The highest BCUT2D eigenvalue weighted by molar-refractivity contribution is 7.07. The van der Waals surface area contributed by atoms with E-state index in [1.54, 1.807) is 43.0 Å². The SMILES string of the molecule is COC(=O)C1=C(C)N=c2s/c(=C\c3cn(-c4ccccc4)nc3-c3ccc(OC)cc3)c(=O)n2C1c1ccc(OC(C)=O)c(OC)c1. The van der Waals surface area contributed by atoms with Crippen LogP contribution in [0.5, 0.6) is 17.2 Å². The Morgan fingerprint density at radius 1 is 0.936 bits per heavy atom. The van der Waals surface area contributed by atoms with E-state index in [-0.39, 0.29) is 22.6 Å². The van der Waals surface area contributed by atoms with Crippen molar-refractivity contribution in [1.82, 2.24) is 14.3 Å². The van der Waals surface area contributed by atoms with Gasteiger partial charge in [-0.2, -0.15) is 5.10 Å². The molecule has 2 aromatic heterocycles. The second kappa shape index (κ2) is 12.9. The van der Waals surface area contributed by atoms with Crippen LogP contribution in [0, 0.1) is 0 Å². The summed E-state index contributed by atoms with van der Waals surface area (Å²) in [6, 6.07) is 21.2. The number of allylic oxidation sites excluding steroid dienone is 1. The third-order valence-corrected chi connectivity index (χ3v) is 8.58. The molecule has 0 saturated carbocycles. The van der Waals surface area contributed by atoms with E-state index in [1.807, 2.05) is 60.8 Å². The normalized spacial score (nSPS) is 14.3. The van der Waals surface area contributed by atoms with Gasteiger partial charge in [-0.25, -0.2) is 14.5 Å². The van der Waals surface area contributed by atoms with Crippen LogP contribution in [-0.4, -0.2) is 47.6 Å². The molecule has 0 fully saturated rings. The van der Waals surface area contributed by atoms with Crippen molar-refractivity contribution in [2.75, 3.05) is 21.3 Å². The number of carbonyl (C=O) groups excluding carboxylic acids is 2. The number of hydrogen-bond donors (Lipinski definition) is 0. The third kappa shape index (κ3) is 5.98. The van der Waals surface area contributed by atoms with E-state index in [0.29, 0.717) is 37.6 Å². The van der Waals surface area contributed by atoms with E-state index in [9.17, 15) is 14.4 Å². The molecule has 47 heavy (non-hydrogen) atoms. The van der Waals surface area contributed by atoms with Crippen LogP contribution in [0.2, 0.25) is 0 Å². The van der Waals surface area contributed by atoms with Gasteiger partial charge in [-0.15, -0.1) is 0 Å². The molecule has 1 aliphatic rings. The van der Waals surface area contributed by atoms with Crippen molar-refractivity contribution in [3.8, 4) is 34.2 Å². The van der Waals surface area contributed by atoms with Gasteiger partial charge < -0.3 is 18.9 Å². The average molecular weight is 651 g/mol. The van der Waals surface area contributed by atoms with Gasteiger partial charge in [-0.05, 0) is 67.1 Å². The first-order valence-electron chi connectivity index (χ1n) is 14.5. The van der Waals surface area contributed by atoms with E-state index in [0.717, 1.165) is 11.3 Å². The lowest BCUT2D eigenvalue weighted by Gasteiger charge is -2.25. The van der Waals surface area contributed by atoms with Crippen molar-refractivity contribution in [1.29, 1.82) is 0 Å². The number of fused-ring (bicyclic) bond motifs is 1. The molecule has 3 heterocycles. The number of carbonyl (C=O) groups is 2. The number of rotatable bonds is 8. The fourth-order valence-electron chi connectivity index (χ4n) is 5.42. The largest absolute Gasteiger partial charge is 0.497 e. The summed E-state index contributed by atoms with van der Waals surface area (Å²) in [5, 5.41) is 4.88. The number of aromatic nitrogens is 3. The van der Waals surface area contributed by atoms with E-state index >= 15 is 0 Å². The molecule has 12 heteroatoms. The van der Waals surface area contributed by atoms with Gasteiger partial charge in [0.1, 0.15) is 11.4 Å². The van der Waals surface area contributed by atoms with Gasteiger partial charge in [0, 0.05) is 24.2 Å². The lowest BCUT2D eigenvalue weighted by atomic mass is 9.95. The van der Waals surface area contributed by atoms with Crippen LogP contribution in [-0.2, 0) is 14.3 Å². The molecule has 0 radical (unpaired) electrons. The van der Waals surface area contributed by atoms with Crippen molar-refractivity contribution in [2.45, 2.75) is 19.9 Å². The van der Waals surface area contributed by atoms with Gasteiger partial charge in [0.15, 0.2) is 16.3 Å². The Morgan fingerprint density at radius 2 is 1.68 bits per heavy atom. The minimum Gasteiger partial charge on any atom is -0.497 e. The monoisotopic (exact) mass is 650 g/mol. The van der Waals surface area contributed by atoms with Crippen molar-refractivity contribution >= 4 is 29.4 Å². The predicted octanol–water partition coefficient (Wildman–Crippen LogP) is 4.20. The molecule has 3 aromatic carbocycles. The Labute approximate surface area is 273 Å². The fraction of sp³-hybridized carbons (Fsp3) is 0.171. The molecule has 5 aromatic rings. The molecule has 0 N–H and O–H groups in total. The van der Waals surface area contributed by atoms with E-state index < -0.39 is 18.0 Å². The molecule has 0 saturated heterocycles. The Balaban J connectivity index is 1.55. The average Bonchev–Trinajstić information content (AvgIpc) is 3.64. The predicted molar refractivity (Wildman–Crippen MR) is 176 cm³/mol. The maximum atomic E-state index is 14.3. The first-order valence-corrected chi connectivity index (χ1v) is 15.3. The number of esters is 2. The molecule has 0 spiro atoms. The fourth-order valence-corrected chi connectivity index (χ4v) is 6.46. The lowest BCUT2D eigenvalue weighted by Crippen LogP contribution is -2.39. The highest BCUT2D eigenvalue weighted by Crippen LogP contribution is 2.36. The zero-order valence-corrected chi connectivity index (χ0v) is 27.0. The molecule has 1 atom stereocenters. The molecule has 0 bridgehead atoms. The van der Waals surface area contributed by atoms with Gasteiger partial charge in [-0.3, -0.25) is 14.2 Å². The lowest BCUT2D eigenvalue weighted by molar-refractivity contribution is -0.136. The smallest absolute Gasteiger partial charge is 0.338 e. The molecular formula is C35H30N4O7S. The summed E-state index contributed by atoms with van der Waals surface area (Å²) >= 11 is 1.20. The first-order chi connectivity index (χ1) is 22.7. The number of nitrogens with zero attached hydrogens (tertiary/aromatic N) is 4. The van der Waals surface area contributed by atoms with Crippen molar-refractivity contribution in [2.24, 2.45) is 4.99 Å². The number of hydrogen-bond acceptors (Lipinski definition) is 10. The van der Waals surface area contributed by atoms with Crippen LogP contribution in [0.1, 0.15) is 31.0 Å². The van der Waals surface area contributed by atoms with Crippen LogP contribution in [0.3, 0.4) is 0 Å². The first kappa shape index (κ1) is 31.2. The van der Waals surface area contributed by atoms with Gasteiger partial charge in [-0.1, -0.05) is 35.6 Å². The molecule has 6 rings (SSSR count). The van der Waals surface area contributed by atoms with Crippen LogP contribution in [0.15, 0.2) is 100 Å². The summed E-state index contributed by atoms with van der Waals surface area (Å²) in [5.74, 6) is 0.0358. The summed E-state index contributed by atoms with van der Waals surface area (Å²) in [7, 11) is 4.32. The molecule has 0 aliphatic carbocycles. The molecule has 11 nitrogen and oxygen atoms in total. The Kier molecular flexibility index (Phi) is 8.59. The van der Waals surface area contributed by atoms with Crippen LogP contribution in [0.25, 0.3) is 23.0 Å². The van der Waals surface area contributed by atoms with Crippen molar-refractivity contribution < 1.29 is 28.5 Å². The van der Waals surface area contributed by atoms with E-state index in [1.165, 1.54) is 37.0 Å². The van der Waals surface area contributed by atoms with Gasteiger partial charge >= 0.3 is 11.9 Å². The number of methoxy groups -OCH3 is 3. The van der Waals surface area contributed by atoms with E-state index in [4.69, 9.17) is 24.0 Å². The molecule has 1 unspecified atom stereocenters. The Bertz CT molecular complexity index is 2210. The maximum Gasteiger partial charge on any atom is 0.338 e. The summed E-state index contributed by atoms with van der Waals surface area (Å²) in [6.45, 7) is 2.99. The maximum absolute atomic E-state index is 14.3. The Morgan fingerprint density at radius 3 is 2.34 bits per heavy atom. The van der Waals surface area contributed by atoms with E-state index in [2.05, 4.69) is 4.99 Å². The zero-order valence-electron chi connectivity index (χ0n) is 26.2. The summed E-state index contributed by atoms with van der Waals surface area (Å²) in [4.78, 5) is 44.2. The number of benzene rings is 3. The van der Waals surface area contributed by atoms with Crippen molar-refractivity contribution in [3.63, 3.8) is 0 Å². The molecule has 0 amide bonds. The summed E-state index contributed by atoms with van der Waals surface area (Å²) < 4.78 is 24.9. The Hall–Kier alpha value is -5.75. The number of para-hydroxylation sites is 1. The third-order valence-electron chi connectivity index (χ3n) is 7.60. The van der Waals surface area contributed by atoms with Crippen molar-refractivity contribution in [3.05, 3.63) is 121 Å². The van der Waals surface area contributed by atoms with Crippen LogP contribution < -0.4 is 29.1 Å². The number of ether oxygens (including phenoxy) is 4. The quantitative estimate of drug-likeness (QED) is 0.181. The molecular weight excluding hydrogens is 620 g/mol. The second-order valence-electron chi connectivity index (χ2n) is 10.5. The zero-order chi connectivity index (χ0) is 33.2. The number of thiazole rings is 1. The van der Waals surface area contributed by atoms with Gasteiger partial charge in [0.25, 0.3) is 5.56 Å². The highest BCUT2D eigenvalue weighted by atomic mass is 32.1. The van der Waals surface area contributed by atoms with Crippen LogP contribution >= 0.6 is 11.3 Å². The molecule has 238 valence electrons. The molecule has 1 aliphatic heterocycles. The summed E-state index contributed by atoms with van der Waals surface area (Å²) in [6.07, 6.45) is 3.66. The summed E-state index contributed by atoms with van der Waals surface area (Å²) in [5.41, 5.74) is 3.85. The van der Waals surface area contributed by atoms with Gasteiger partial charge in [0.05, 0.1) is 48.9 Å². The van der Waals surface area contributed by atoms with Gasteiger partial charge in [0.2, 0.25) is 0 Å².